The minimum absolute atomic E-state index is 0.233. The van der Waals surface area contributed by atoms with Gasteiger partial charge in [-0.1, -0.05) is 0 Å². The largest absolute Gasteiger partial charge is 0.390 e. The zero-order chi connectivity index (χ0) is 9.90. The molecular formula is C10H16O3. The van der Waals surface area contributed by atoms with Gasteiger partial charge in [0.2, 0.25) is 0 Å². The first-order chi connectivity index (χ1) is 6.05. The SMILES string of the molecule is C#CCC[C@@H](O)[C@H]1COC(C)(C)O1. The van der Waals surface area contributed by atoms with E-state index >= 15 is 0 Å². The summed E-state index contributed by atoms with van der Waals surface area (Å²) in [6.45, 7) is 4.11. The molecule has 1 rings (SSSR count). The van der Waals surface area contributed by atoms with Gasteiger partial charge in [0.05, 0.1) is 12.7 Å². The average Bonchev–Trinajstić information content (AvgIpc) is 2.42. The van der Waals surface area contributed by atoms with Gasteiger partial charge in [-0.15, -0.1) is 12.3 Å². The van der Waals surface area contributed by atoms with E-state index in [1.807, 2.05) is 13.8 Å². The lowest BCUT2D eigenvalue weighted by atomic mass is 10.1. The molecule has 0 amide bonds. The Morgan fingerprint density at radius 1 is 1.69 bits per heavy atom. The molecule has 0 spiro atoms. The van der Waals surface area contributed by atoms with Crippen LogP contribution in [0.4, 0.5) is 0 Å². The smallest absolute Gasteiger partial charge is 0.163 e. The summed E-state index contributed by atoms with van der Waals surface area (Å²) in [4.78, 5) is 0. The van der Waals surface area contributed by atoms with E-state index in [-0.39, 0.29) is 6.10 Å². The normalized spacial score (nSPS) is 28.3. The molecule has 1 heterocycles. The van der Waals surface area contributed by atoms with Gasteiger partial charge in [-0.2, -0.15) is 0 Å². The van der Waals surface area contributed by atoms with Gasteiger partial charge in [0.25, 0.3) is 0 Å². The number of terminal acetylenes is 1. The Morgan fingerprint density at radius 3 is 2.85 bits per heavy atom. The summed E-state index contributed by atoms with van der Waals surface area (Å²) in [5, 5.41) is 9.61. The highest BCUT2D eigenvalue weighted by Gasteiger charge is 2.36. The summed E-state index contributed by atoms with van der Waals surface area (Å²) in [6.07, 6.45) is 5.49. The third-order valence-corrected chi connectivity index (χ3v) is 2.04. The van der Waals surface area contributed by atoms with Gasteiger partial charge >= 0.3 is 0 Å². The van der Waals surface area contributed by atoms with Gasteiger partial charge in [0.1, 0.15) is 6.10 Å². The summed E-state index contributed by atoms with van der Waals surface area (Å²) in [7, 11) is 0. The lowest BCUT2D eigenvalue weighted by Gasteiger charge is -2.19. The maximum Gasteiger partial charge on any atom is 0.163 e. The van der Waals surface area contributed by atoms with Crippen molar-refractivity contribution in [2.75, 3.05) is 6.61 Å². The maximum atomic E-state index is 9.61. The van der Waals surface area contributed by atoms with Crippen LogP contribution >= 0.6 is 0 Å². The van der Waals surface area contributed by atoms with Crippen molar-refractivity contribution in [2.45, 2.75) is 44.7 Å². The van der Waals surface area contributed by atoms with E-state index in [0.29, 0.717) is 19.4 Å². The molecule has 1 N–H and O–H groups in total. The highest BCUT2D eigenvalue weighted by atomic mass is 16.7. The fourth-order valence-electron chi connectivity index (χ4n) is 1.32. The molecule has 74 valence electrons. The quantitative estimate of drug-likeness (QED) is 0.663. The van der Waals surface area contributed by atoms with E-state index in [2.05, 4.69) is 5.92 Å². The van der Waals surface area contributed by atoms with Crippen LogP contribution in [-0.4, -0.2) is 29.7 Å². The Balaban J connectivity index is 2.34. The van der Waals surface area contributed by atoms with Crippen molar-refractivity contribution in [3.63, 3.8) is 0 Å². The van der Waals surface area contributed by atoms with Gasteiger partial charge in [0, 0.05) is 6.42 Å². The zero-order valence-corrected chi connectivity index (χ0v) is 8.12. The van der Waals surface area contributed by atoms with Crippen molar-refractivity contribution in [1.82, 2.24) is 0 Å². The zero-order valence-electron chi connectivity index (χ0n) is 8.12. The molecule has 0 unspecified atom stereocenters. The van der Waals surface area contributed by atoms with Crippen LogP contribution in [0.15, 0.2) is 0 Å². The Morgan fingerprint density at radius 2 is 2.38 bits per heavy atom. The second-order valence-electron chi connectivity index (χ2n) is 3.68. The Bertz CT molecular complexity index is 205. The van der Waals surface area contributed by atoms with Crippen LogP contribution in [0.1, 0.15) is 26.7 Å². The minimum atomic E-state index is -0.568. The van der Waals surface area contributed by atoms with Crippen LogP contribution in [-0.2, 0) is 9.47 Å². The first-order valence-corrected chi connectivity index (χ1v) is 4.48. The Kier molecular flexibility index (Phi) is 3.32. The molecule has 2 atom stereocenters. The van der Waals surface area contributed by atoms with Crippen LogP contribution in [0, 0.1) is 12.3 Å². The van der Waals surface area contributed by atoms with Gasteiger partial charge in [0.15, 0.2) is 5.79 Å². The van der Waals surface area contributed by atoms with E-state index in [9.17, 15) is 5.11 Å². The van der Waals surface area contributed by atoms with Gasteiger partial charge < -0.3 is 14.6 Å². The third kappa shape index (κ3) is 3.00. The number of rotatable bonds is 3. The van der Waals surface area contributed by atoms with Gasteiger partial charge in [-0.3, -0.25) is 0 Å². The Hall–Kier alpha value is -0.560. The lowest BCUT2D eigenvalue weighted by Crippen LogP contribution is -2.30. The van der Waals surface area contributed by atoms with Crippen molar-refractivity contribution in [1.29, 1.82) is 0 Å². The molecule has 3 heteroatoms. The molecule has 0 aliphatic carbocycles. The molecule has 1 saturated heterocycles. The lowest BCUT2D eigenvalue weighted by molar-refractivity contribution is -0.151. The molecule has 0 saturated carbocycles. The molecule has 0 bridgehead atoms. The molecule has 1 aliphatic rings. The van der Waals surface area contributed by atoms with Crippen molar-refractivity contribution in [3.8, 4) is 12.3 Å². The number of aliphatic hydroxyl groups excluding tert-OH is 1. The van der Waals surface area contributed by atoms with Crippen molar-refractivity contribution in [2.24, 2.45) is 0 Å². The fraction of sp³-hybridized carbons (Fsp3) is 0.800. The molecule has 0 radical (unpaired) electrons. The molecular weight excluding hydrogens is 168 g/mol. The van der Waals surface area contributed by atoms with Gasteiger partial charge in [-0.05, 0) is 20.3 Å². The van der Waals surface area contributed by atoms with E-state index in [1.54, 1.807) is 0 Å². The number of hydrogen-bond donors (Lipinski definition) is 1. The predicted molar refractivity (Wildman–Crippen MR) is 49.0 cm³/mol. The highest BCUT2D eigenvalue weighted by Crippen LogP contribution is 2.25. The number of hydrogen-bond acceptors (Lipinski definition) is 3. The van der Waals surface area contributed by atoms with E-state index in [0.717, 1.165) is 0 Å². The average molecular weight is 184 g/mol. The number of ether oxygens (including phenoxy) is 2. The van der Waals surface area contributed by atoms with Gasteiger partial charge in [-0.25, -0.2) is 0 Å². The van der Waals surface area contributed by atoms with E-state index in [1.165, 1.54) is 0 Å². The highest BCUT2D eigenvalue weighted by molar-refractivity contribution is 4.87. The molecule has 13 heavy (non-hydrogen) atoms. The summed E-state index contributed by atoms with van der Waals surface area (Å²) < 4.78 is 10.8. The van der Waals surface area contributed by atoms with Crippen LogP contribution < -0.4 is 0 Å². The fourth-order valence-corrected chi connectivity index (χ4v) is 1.32. The summed E-state index contributed by atoms with van der Waals surface area (Å²) in [5.74, 6) is 1.92. The van der Waals surface area contributed by atoms with Crippen molar-refractivity contribution < 1.29 is 14.6 Å². The van der Waals surface area contributed by atoms with Crippen LogP contribution in [0.3, 0.4) is 0 Å². The maximum absolute atomic E-state index is 9.61. The Labute approximate surface area is 79.0 Å². The van der Waals surface area contributed by atoms with Crippen molar-refractivity contribution >= 4 is 0 Å². The topological polar surface area (TPSA) is 38.7 Å². The summed E-state index contributed by atoms with van der Waals surface area (Å²) >= 11 is 0. The van der Waals surface area contributed by atoms with E-state index in [4.69, 9.17) is 15.9 Å². The molecule has 0 aromatic rings. The monoisotopic (exact) mass is 184 g/mol. The van der Waals surface area contributed by atoms with Crippen LogP contribution in [0.2, 0.25) is 0 Å². The second-order valence-corrected chi connectivity index (χ2v) is 3.68. The predicted octanol–water partition coefficient (Wildman–Crippen LogP) is 0.912. The third-order valence-electron chi connectivity index (χ3n) is 2.04. The van der Waals surface area contributed by atoms with E-state index < -0.39 is 11.9 Å². The molecule has 3 nitrogen and oxygen atoms in total. The van der Waals surface area contributed by atoms with Crippen LogP contribution in [0.5, 0.6) is 0 Å². The second kappa shape index (κ2) is 4.10. The minimum Gasteiger partial charge on any atom is -0.390 e. The summed E-state index contributed by atoms with van der Waals surface area (Å²) in [6, 6.07) is 0. The number of aliphatic hydroxyl groups is 1. The summed E-state index contributed by atoms with van der Waals surface area (Å²) in [5.41, 5.74) is 0. The van der Waals surface area contributed by atoms with Crippen LogP contribution in [0.25, 0.3) is 0 Å². The molecule has 1 fully saturated rings. The van der Waals surface area contributed by atoms with Crippen molar-refractivity contribution in [3.05, 3.63) is 0 Å². The molecule has 0 aromatic carbocycles. The first kappa shape index (κ1) is 10.5. The standard InChI is InChI=1S/C10H16O3/c1-4-5-6-8(11)9-7-12-10(2,3)13-9/h1,8-9,11H,5-7H2,2-3H3/t8-,9-/m1/s1. The molecule has 1 aliphatic heterocycles. The first-order valence-electron chi connectivity index (χ1n) is 4.48. The molecule has 0 aromatic heterocycles.